The third kappa shape index (κ3) is 2.33. The fraction of sp³-hybridized carbons (Fsp3) is 0.375. The van der Waals surface area contributed by atoms with Crippen molar-refractivity contribution < 1.29 is 14.3 Å². The van der Waals surface area contributed by atoms with Crippen LogP contribution in [0.2, 0.25) is 0 Å². The molecule has 0 aliphatic carbocycles. The van der Waals surface area contributed by atoms with Crippen molar-refractivity contribution in [3.63, 3.8) is 0 Å². The van der Waals surface area contributed by atoms with E-state index in [2.05, 4.69) is 0 Å². The van der Waals surface area contributed by atoms with Gasteiger partial charge in [0.15, 0.2) is 12.5 Å². The lowest BCUT2D eigenvalue weighted by molar-refractivity contribution is -0.147. The average Bonchev–Trinajstić information content (AvgIpc) is 2.39. The van der Waals surface area contributed by atoms with E-state index in [0.717, 1.165) is 5.56 Å². The highest BCUT2D eigenvalue weighted by Crippen LogP contribution is 2.30. The molecule has 0 saturated carbocycles. The number of carbonyl (C=O) groups excluding carboxylic acids is 2. The number of ether oxygens (including phenoxy) is 1. The molecule has 1 aromatic carbocycles. The number of hydrogen-bond donors (Lipinski definition) is 0. The van der Waals surface area contributed by atoms with E-state index in [0.29, 0.717) is 11.3 Å². The number of allylic oxidation sites excluding steroid dienone is 1. The van der Waals surface area contributed by atoms with Crippen LogP contribution in [-0.2, 0) is 14.3 Å². The predicted molar refractivity (Wildman–Crippen MR) is 76.6 cm³/mol. The van der Waals surface area contributed by atoms with Gasteiger partial charge < -0.3 is 4.74 Å². The van der Waals surface area contributed by atoms with E-state index in [4.69, 9.17) is 4.74 Å². The molecule has 0 atom stereocenters. The Morgan fingerprint density at radius 3 is 2.40 bits per heavy atom. The molecular formula is C16H19NO3. The zero-order valence-corrected chi connectivity index (χ0v) is 12.3. The second-order valence-electron chi connectivity index (χ2n) is 5.42. The summed E-state index contributed by atoms with van der Waals surface area (Å²) in [6.07, 6.45) is 0. The Morgan fingerprint density at radius 2 is 1.85 bits per heavy atom. The minimum Gasteiger partial charge on any atom is -0.477 e. The second-order valence-corrected chi connectivity index (χ2v) is 5.42. The van der Waals surface area contributed by atoms with E-state index >= 15 is 0 Å². The first-order chi connectivity index (χ1) is 9.35. The van der Waals surface area contributed by atoms with Gasteiger partial charge in [-0.15, -0.1) is 0 Å². The molecule has 1 aliphatic rings. The van der Waals surface area contributed by atoms with Crippen LogP contribution in [0, 0.1) is 0 Å². The van der Waals surface area contributed by atoms with E-state index in [1.54, 1.807) is 20.8 Å². The minimum absolute atomic E-state index is 0.0681. The summed E-state index contributed by atoms with van der Waals surface area (Å²) in [6, 6.07) is 9.37. The monoisotopic (exact) mass is 273 g/mol. The molecule has 0 saturated heterocycles. The third-order valence-corrected chi connectivity index (χ3v) is 3.82. The molecule has 0 radical (unpaired) electrons. The molecule has 1 aliphatic heterocycles. The molecule has 0 fully saturated rings. The van der Waals surface area contributed by atoms with Gasteiger partial charge in [-0.1, -0.05) is 30.3 Å². The van der Waals surface area contributed by atoms with Crippen LogP contribution in [0.25, 0.3) is 5.57 Å². The van der Waals surface area contributed by atoms with Crippen molar-refractivity contribution in [2.45, 2.75) is 33.2 Å². The number of nitrogens with zero attached hydrogens (tertiary/aromatic N) is 1. The van der Waals surface area contributed by atoms with Gasteiger partial charge in [-0.25, -0.2) is 0 Å². The van der Waals surface area contributed by atoms with Gasteiger partial charge in [0, 0.05) is 0 Å². The van der Waals surface area contributed by atoms with E-state index < -0.39 is 5.54 Å². The lowest BCUT2D eigenvalue weighted by Gasteiger charge is -2.39. The molecule has 1 aromatic rings. The summed E-state index contributed by atoms with van der Waals surface area (Å²) in [4.78, 5) is 26.0. The first-order valence-corrected chi connectivity index (χ1v) is 6.58. The molecule has 0 bridgehead atoms. The van der Waals surface area contributed by atoms with Crippen LogP contribution in [0.4, 0.5) is 0 Å². The van der Waals surface area contributed by atoms with Crippen LogP contribution in [-0.4, -0.2) is 28.9 Å². The van der Waals surface area contributed by atoms with E-state index in [1.807, 2.05) is 30.3 Å². The maximum Gasteiger partial charge on any atom is 0.261 e. The topological polar surface area (TPSA) is 46.6 Å². The van der Waals surface area contributed by atoms with Crippen molar-refractivity contribution in [3.8, 4) is 0 Å². The number of benzene rings is 1. The van der Waals surface area contributed by atoms with Crippen molar-refractivity contribution >= 4 is 17.3 Å². The fourth-order valence-corrected chi connectivity index (χ4v) is 2.11. The van der Waals surface area contributed by atoms with E-state index in [1.165, 1.54) is 11.8 Å². The zero-order valence-electron chi connectivity index (χ0n) is 12.3. The van der Waals surface area contributed by atoms with Gasteiger partial charge in [-0.05, 0) is 33.3 Å². The quantitative estimate of drug-likeness (QED) is 0.850. The van der Waals surface area contributed by atoms with Gasteiger partial charge in [0.1, 0.15) is 5.76 Å². The van der Waals surface area contributed by atoms with Gasteiger partial charge in [0.05, 0.1) is 11.1 Å². The summed E-state index contributed by atoms with van der Waals surface area (Å²) >= 11 is 0. The van der Waals surface area contributed by atoms with Crippen LogP contribution in [0.15, 0.2) is 36.1 Å². The minimum atomic E-state index is -0.877. The SMILES string of the molecule is CC(=O)C(C)(C)N1COC(C)=C(c2ccccc2)C1=O. The van der Waals surface area contributed by atoms with E-state index in [9.17, 15) is 9.59 Å². The summed E-state index contributed by atoms with van der Waals surface area (Å²) in [7, 11) is 0. The lowest BCUT2D eigenvalue weighted by Crippen LogP contribution is -2.54. The van der Waals surface area contributed by atoms with Crippen LogP contribution >= 0.6 is 0 Å². The van der Waals surface area contributed by atoms with Crippen LogP contribution < -0.4 is 0 Å². The molecular weight excluding hydrogens is 254 g/mol. The highest BCUT2D eigenvalue weighted by Gasteiger charge is 2.40. The number of amides is 1. The van der Waals surface area contributed by atoms with Crippen LogP contribution in [0.1, 0.15) is 33.3 Å². The Bertz CT molecular complexity index is 573. The summed E-state index contributed by atoms with van der Waals surface area (Å²) in [5.74, 6) is 0.360. The van der Waals surface area contributed by atoms with Gasteiger partial charge in [-0.2, -0.15) is 0 Å². The molecule has 0 unspecified atom stereocenters. The van der Waals surface area contributed by atoms with Gasteiger partial charge in [0.2, 0.25) is 0 Å². The van der Waals surface area contributed by atoms with Crippen LogP contribution in [0.3, 0.4) is 0 Å². The van der Waals surface area contributed by atoms with Crippen molar-refractivity contribution in [3.05, 3.63) is 41.7 Å². The van der Waals surface area contributed by atoms with Crippen molar-refractivity contribution in [1.29, 1.82) is 0 Å². The van der Waals surface area contributed by atoms with E-state index in [-0.39, 0.29) is 18.4 Å². The number of hydrogen-bond acceptors (Lipinski definition) is 3. The normalized spacial score (nSPS) is 16.2. The van der Waals surface area contributed by atoms with Gasteiger partial charge in [0.25, 0.3) is 5.91 Å². The largest absolute Gasteiger partial charge is 0.477 e. The summed E-state index contributed by atoms with van der Waals surface area (Å²) in [5, 5.41) is 0. The molecule has 2 rings (SSSR count). The Labute approximate surface area is 119 Å². The summed E-state index contributed by atoms with van der Waals surface area (Å²) < 4.78 is 5.60. The highest BCUT2D eigenvalue weighted by molar-refractivity contribution is 6.21. The van der Waals surface area contributed by atoms with Gasteiger partial charge >= 0.3 is 0 Å². The third-order valence-electron chi connectivity index (χ3n) is 3.82. The standard InChI is InChI=1S/C16H19NO3/c1-11-14(13-8-6-5-7-9-13)15(19)17(10-20-11)16(3,4)12(2)18/h5-9H,10H2,1-4H3. The maximum absolute atomic E-state index is 12.7. The van der Waals surface area contributed by atoms with Crippen LogP contribution in [0.5, 0.6) is 0 Å². The number of ketones is 1. The van der Waals surface area contributed by atoms with Crippen molar-refractivity contribution in [2.24, 2.45) is 0 Å². The summed E-state index contributed by atoms with van der Waals surface area (Å²) in [6.45, 7) is 6.84. The molecule has 1 heterocycles. The molecule has 1 amide bonds. The maximum atomic E-state index is 12.7. The molecule has 0 spiro atoms. The van der Waals surface area contributed by atoms with Crippen molar-refractivity contribution in [2.75, 3.05) is 6.73 Å². The highest BCUT2D eigenvalue weighted by atomic mass is 16.5. The lowest BCUT2D eigenvalue weighted by atomic mass is 9.94. The van der Waals surface area contributed by atoms with Crippen molar-refractivity contribution in [1.82, 2.24) is 4.90 Å². The molecule has 4 heteroatoms. The Hall–Kier alpha value is -2.10. The predicted octanol–water partition coefficient (Wildman–Crippen LogP) is 2.60. The smallest absolute Gasteiger partial charge is 0.261 e. The Balaban J connectivity index is 2.44. The average molecular weight is 273 g/mol. The summed E-state index contributed by atoms with van der Waals surface area (Å²) in [5.41, 5.74) is 0.447. The Kier molecular flexibility index (Phi) is 3.66. The second kappa shape index (κ2) is 5.12. The number of rotatable bonds is 3. The van der Waals surface area contributed by atoms with Gasteiger partial charge in [-0.3, -0.25) is 14.5 Å². The molecule has 0 N–H and O–H groups in total. The molecule has 4 nitrogen and oxygen atoms in total. The number of Topliss-reactive ketones (excluding diaryl/α,β-unsaturated/α-hetero) is 1. The molecule has 106 valence electrons. The molecule has 0 aromatic heterocycles. The number of carbonyl (C=O) groups is 2. The Morgan fingerprint density at radius 1 is 1.25 bits per heavy atom. The first-order valence-electron chi connectivity index (χ1n) is 6.58. The molecule has 20 heavy (non-hydrogen) atoms. The first kappa shape index (κ1) is 14.3. The zero-order chi connectivity index (χ0) is 14.9. The fourth-order valence-electron chi connectivity index (χ4n) is 2.11.